The van der Waals surface area contributed by atoms with Gasteiger partial charge >= 0.3 is 0 Å². The maximum atomic E-state index is 12.7. The van der Waals surface area contributed by atoms with Crippen molar-refractivity contribution >= 4 is 11.6 Å². The first kappa shape index (κ1) is 13.5. The van der Waals surface area contributed by atoms with Crippen molar-refractivity contribution in [3.63, 3.8) is 0 Å². The molecule has 3 rings (SSSR count). The number of hydrogen-bond acceptors (Lipinski definition) is 4. The van der Waals surface area contributed by atoms with Crippen LogP contribution in [0.15, 0.2) is 30.5 Å². The molecule has 2 aromatic rings. The van der Waals surface area contributed by atoms with E-state index in [2.05, 4.69) is 5.10 Å². The minimum Gasteiger partial charge on any atom is -0.508 e. The Kier molecular flexibility index (Phi) is 3.29. The number of aromatic nitrogens is 2. The predicted octanol–water partition coefficient (Wildman–Crippen LogP) is 1.51. The molecule has 1 amide bonds. The second-order valence-electron chi connectivity index (χ2n) is 5.44. The number of benzene rings is 1. The van der Waals surface area contributed by atoms with Crippen LogP contribution in [-0.4, -0.2) is 31.7 Å². The van der Waals surface area contributed by atoms with Crippen molar-refractivity contribution in [2.75, 3.05) is 5.73 Å². The molecule has 3 N–H and O–H groups in total. The zero-order chi connectivity index (χ0) is 15.0. The molecular formula is C15H18N4O2. The molecule has 0 spiro atoms. The van der Waals surface area contributed by atoms with E-state index < -0.39 is 0 Å². The lowest BCUT2D eigenvalue weighted by Crippen LogP contribution is -2.33. The molecule has 1 aromatic heterocycles. The number of rotatable bonds is 4. The molecule has 1 aliphatic rings. The number of aryl methyl sites for hydroxylation is 1. The minimum atomic E-state index is -0.154. The van der Waals surface area contributed by atoms with Crippen molar-refractivity contribution in [1.82, 2.24) is 14.7 Å². The molecule has 0 radical (unpaired) electrons. The van der Waals surface area contributed by atoms with E-state index in [-0.39, 0.29) is 17.7 Å². The van der Waals surface area contributed by atoms with Gasteiger partial charge in [-0.15, -0.1) is 0 Å². The van der Waals surface area contributed by atoms with Gasteiger partial charge in [-0.2, -0.15) is 5.10 Å². The number of phenols is 1. The quantitative estimate of drug-likeness (QED) is 0.892. The molecule has 0 atom stereocenters. The van der Waals surface area contributed by atoms with Crippen LogP contribution in [0.3, 0.4) is 0 Å². The van der Waals surface area contributed by atoms with E-state index in [1.807, 2.05) is 6.07 Å². The van der Waals surface area contributed by atoms with Gasteiger partial charge in [0.15, 0.2) is 5.69 Å². The minimum absolute atomic E-state index is 0.154. The van der Waals surface area contributed by atoms with Crippen molar-refractivity contribution < 1.29 is 9.90 Å². The van der Waals surface area contributed by atoms with Crippen molar-refractivity contribution in [2.45, 2.75) is 25.4 Å². The highest BCUT2D eigenvalue weighted by atomic mass is 16.3. The maximum absolute atomic E-state index is 12.7. The van der Waals surface area contributed by atoms with E-state index >= 15 is 0 Å². The summed E-state index contributed by atoms with van der Waals surface area (Å²) in [6.07, 6.45) is 3.63. The molecule has 0 aliphatic heterocycles. The number of hydrogen-bond donors (Lipinski definition) is 2. The number of amides is 1. The van der Waals surface area contributed by atoms with Crippen LogP contribution in [0.25, 0.3) is 0 Å². The smallest absolute Gasteiger partial charge is 0.277 e. The van der Waals surface area contributed by atoms with Gasteiger partial charge in [-0.25, -0.2) is 0 Å². The Morgan fingerprint density at radius 2 is 2.29 bits per heavy atom. The largest absolute Gasteiger partial charge is 0.508 e. The molecule has 1 aliphatic carbocycles. The van der Waals surface area contributed by atoms with Gasteiger partial charge in [0, 0.05) is 25.8 Å². The van der Waals surface area contributed by atoms with Crippen LogP contribution >= 0.6 is 0 Å². The molecule has 6 heteroatoms. The monoisotopic (exact) mass is 286 g/mol. The van der Waals surface area contributed by atoms with Crippen LogP contribution < -0.4 is 5.73 Å². The molecule has 0 unspecified atom stereocenters. The topological polar surface area (TPSA) is 84.4 Å². The fourth-order valence-corrected chi connectivity index (χ4v) is 2.41. The van der Waals surface area contributed by atoms with Gasteiger partial charge in [0.05, 0.1) is 5.69 Å². The number of nitrogen functional groups attached to an aromatic ring is 1. The van der Waals surface area contributed by atoms with Gasteiger partial charge in [-0.05, 0) is 30.5 Å². The molecule has 1 saturated carbocycles. The summed E-state index contributed by atoms with van der Waals surface area (Å²) < 4.78 is 1.54. The van der Waals surface area contributed by atoms with Gasteiger partial charge in [0.25, 0.3) is 5.91 Å². The maximum Gasteiger partial charge on any atom is 0.277 e. The highest BCUT2D eigenvalue weighted by Gasteiger charge is 2.34. The van der Waals surface area contributed by atoms with Gasteiger partial charge in [0.2, 0.25) is 0 Å². The van der Waals surface area contributed by atoms with Crippen molar-refractivity contribution in [3.05, 3.63) is 41.7 Å². The summed E-state index contributed by atoms with van der Waals surface area (Å²) in [5.74, 6) is 0.0481. The number of nitrogens with two attached hydrogens (primary N) is 1. The lowest BCUT2D eigenvalue weighted by molar-refractivity contribution is 0.0724. The highest BCUT2D eigenvalue weighted by Crippen LogP contribution is 2.30. The normalized spacial score (nSPS) is 14.1. The summed E-state index contributed by atoms with van der Waals surface area (Å²) in [5.41, 5.74) is 7.43. The first-order chi connectivity index (χ1) is 10.0. The standard InChI is InChI=1S/C15H18N4O2/c1-18-9-13(16)14(17-18)15(21)19(11-5-6-11)8-10-3-2-4-12(20)7-10/h2-4,7,9,11,20H,5-6,8,16H2,1H3. The fourth-order valence-electron chi connectivity index (χ4n) is 2.41. The molecule has 0 saturated heterocycles. The molecular weight excluding hydrogens is 268 g/mol. The van der Waals surface area contributed by atoms with E-state index in [1.54, 1.807) is 41.0 Å². The number of anilines is 1. The molecule has 6 nitrogen and oxygen atoms in total. The summed E-state index contributed by atoms with van der Waals surface area (Å²) in [6.45, 7) is 0.452. The van der Waals surface area contributed by atoms with E-state index in [0.717, 1.165) is 18.4 Å². The van der Waals surface area contributed by atoms with Crippen LogP contribution in [0.5, 0.6) is 5.75 Å². The summed E-state index contributed by atoms with van der Waals surface area (Å²) in [4.78, 5) is 14.4. The van der Waals surface area contributed by atoms with E-state index in [9.17, 15) is 9.90 Å². The number of aromatic hydroxyl groups is 1. The zero-order valence-corrected chi connectivity index (χ0v) is 11.9. The Balaban J connectivity index is 1.85. The van der Waals surface area contributed by atoms with Crippen LogP contribution in [-0.2, 0) is 13.6 Å². The average Bonchev–Trinajstić information content (AvgIpc) is 3.21. The third kappa shape index (κ3) is 2.84. The van der Waals surface area contributed by atoms with Crippen LogP contribution in [0.4, 0.5) is 5.69 Å². The molecule has 110 valence electrons. The Morgan fingerprint density at radius 1 is 1.52 bits per heavy atom. The van der Waals surface area contributed by atoms with Crippen LogP contribution in [0.1, 0.15) is 28.9 Å². The summed E-state index contributed by atoms with van der Waals surface area (Å²) in [6, 6.07) is 7.19. The van der Waals surface area contributed by atoms with E-state index in [4.69, 9.17) is 5.73 Å². The molecule has 1 fully saturated rings. The van der Waals surface area contributed by atoms with Crippen LogP contribution in [0.2, 0.25) is 0 Å². The number of phenolic OH excluding ortho intramolecular Hbond substituents is 1. The second-order valence-corrected chi connectivity index (χ2v) is 5.44. The van der Waals surface area contributed by atoms with Crippen molar-refractivity contribution in [2.24, 2.45) is 7.05 Å². The van der Waals surface area contributed by atoms with Crippen LogP contribution in [0, 0.1) is 0 Å². The Bertz CT molecular complexity index is 676. The Labute approximate surface area is 122 Å². The Morgan fingerprint density at radius 3 is 2.86 bits per heavy atom. The van der Waals surface area contributed by atoms with Crippen molar-refractivity contribution in [3.8, 4) is 5.75 Å². The summed E-state index contributed by atoms with van der Waals surface area (Å²) in [7, 11) is 1.74. The van der Waals surface area contributed by atoms with Gasteiger partial charge in [-0.3, -0.25) is 9.48 Å². The lowest BCUT2D eigenvalue weighted by atomic mass is 10.2. The summed E-state index contributed by atoms with van der Waals surface area (Å²) >= 11 is 0. The van der Waals surface area contributed by atoms with Crippen molar-refractivity contribution in [1.29, 1.82) is 0 Å². The van der Waals surface area contributed by atoms with Gasteiger partial charge in [-0.1, -0.05) is 12.1 Å². The van der Waals surface area contributed by atoms with Gasteiger partial charge in [0.1, 0.15) is 5.75 Å². The van der Waals surface area contributed by atoms with Gasteiger partial charge < -0.3 is 15.7 Å². The zero-order valence-electron chi connectivity index (χ0n) is 11.9. The second kappa shape index (κ2) is 5.12. The average molecular weight is 286 g/mol. The molecule has 1 aromatic carbocycles. The summed E-state index contributed by atoms with van der Waals surface area (Å²) in [5, 5.41) is 13.7. The first-order valence-corrected chi connectivity index (χ1v) is 6.92. The van der Waals surface area contributed by atoms with E-state index in [1.165, 1.54) is 0 Å². The number of nitrogens with zero attached hydrogens (tertiary/aromatic N) is 3. The van der Waals surface area contributed by atoms with E-state index in [0.29, 0.717) is 17.9 Å². The third-order valence-electron chi connectivity index (χ3n) is 3.57. The first-order valence-electron chi connectivity index (χ1n) is 6.92. The molecule has 21 heavy (non-hydrogen) atoms. The fraction of sp³-hybridized carbons (Fsp3) is 0.333. The predicted molar refractivity (Wildman–Crippen MR) is 78.6 cm³/mol. The SMILES string of the molecule is Cn1cc(N)c(C(=O)N(Cc2cccc(O)c2)C2CC2)n1. The number of carbonyl (C=O) groups excluding carboxylic acids is 1. The Hall–Kier alpha value is -2.50. The molecule has 1 heterocycles. The molecule has 0 bridgehead atoms. The number of carbonyl (C=O) groups is 1. The lowest BCUT2D eigenvalue weighted by Gasteiger charge is -2.22. The highest BCUT2D eigenvalue weighted by molar-refractivity contribution is 5.97. The third-order valence-corrected chi connectivity index (χ3v) is 3.57.